The topological polar surface area (TPSA) is 95.1 Å². The highest BCUT2D eigenvalue weighted by molar-refractivity contribution is 5.92. The number of aliphatic carboxylic acids is 1. The van der Waals surface area contributed by atoms with Gasteiger partial charge in [0, 0.05) is 17.7 Å². The number of carboxylic acids is 1. The summed E-state index contributed by atoms with van der Waals surface area (Å²) in [6.07, 6.45) is 0.930. The number of carbonyl (C=O) groups is 2. The van der Waals surface area contributed by atoms with Crippen molar-refractivity contribution in [3.63, 3.8) is 0 Å². The van der Waals surface area contributed by atoms with E-state index in [4.69, 9.17) is 0 Å². The van der Waals surface area contributed by atoms with Crippen molar-refractivity contribution >= 4 is 11.9 Å². The molecular formula is C15H25N3O3. The molecule has 118 valence electrons. The van der Waals surface area contributed by atoms with Crippen LogP contribution < -0.4 is 5.32 Å². The van der Waals surface area contributed by atoms with Crippen LogP contribution >= 0.6 is 0 Å². The van der Waals surface area contributed by atoms with Gasteiger partial charge < -0.3 is 10.4 Å². The summed E-state index contributed by atoms with van der Waals surface area (Å²) in [4.78, 5) is 23.5. The first-order valence-corrected chi connectivity index (χ1v) is 7.23. The maximum atomic E-state index is 12.1. The Hall–Kier alpha value is -1.85. The second-order valence-electron chi connectivity index (χ2n) is 6.39. The van der Waals surface area contributed by atoms with Gasteiger partial charge >= 0.3 is 5.97 Å². The summed E-state index contributed by atoms with van der Waals surface area (Å²) in [6, 6.07) is 1.70. The number of carboxylic acid groups (broad SMARTS) is 1. The number of aromatic amines is 1. The highest BCUT2D eigenvalue weighted by atomic mass is 16.4. The van der Waals surface area contributed by atoms with Gasteiger partial charge in [0.2, 0.25) is 0 Å². The number of aromatic nitrogens is 2. The Balaban J connectivity index is 2.78. The average molecular weight is 295 g/mol. The van der Waals surface area contributed by atoms with Gasteiger partial charge in [0.05, 0.1) is 5.41 Å². The summed E-state index contributed by atoms with van der Waals surface area (Å²) in [5.41, 5.74) is 0.108. The van der Waals surface area contributed by atoms with Crippen LogP contribution in [0, 0.1) is 5.41 Å². The van der Waals surface area contributed by atoms with Crippen LogP contribution in [-0.4, -0.2) is 33.7 Å². The van der Waals surface area contributed by atoms with Gasteiger partial charge in [-0.3, -0.25) is 14.7 Å². The lowest BCUT2D eigenvalue weighted by atomic mass is 9.82. The summed E-state index contributed by atoms with van der Waals surface area (Å²) in [7, 11) is 0. The molecule has 0 radical (unpaired) electrons. The van der Waals surface area contributed by atoms with E-state index in [2.05, 4.69) is 15.5 Å². The van der Waals surface area contributed by atoms with E-state index < -0.39 is 11.4 Å². The van der Waals surface area contributed by atoms with E-state index in [0.717, 1.165) is 5.69 Å². The van der Waals surface area contributed by atoms with Gasteiger partial charge in [-0.25, -0.2) is 0 Å². The molecular weight excluding hydrogens is 270 g/mol. The van der Waals surface area contributed by atoms with E-state index in [0.29, 0.717) is 12.8 Å². The number of nitrogens with one attached hydrogen (secondary N) is 2. The fourth-order valence-electron chi connectivity index (χ4n) is 2.04. The zero-order valence-corrected chi connectivity index (χ0v) is 13.4. The first-order valence-electron chi connectivity index (χ1n) is 7.23. The Morgan fingerprint density at radius 3 is 2.24 bits per heavy atom. The normalized spacial score (nSPS) is 12.2. The monoisotopic (exact) mass is 295 g/mol. The SMILES string of the molecule is CCC(CC)(CNC(=O)c1cc(C(C)(C)C)[nH]n1)C(=O)O. The highest BCUT2D eigenvalue weighted by Gasteiger charge is 2.35. The molecule has 0 fully saturated rings. The van der Waals surface area contributed by atoms with Crippen LogP contribution in [-0.2, 0) is 10.2 Å². The molecule has 0 bridgehead atoms. The van der Waals surface area contributed by atoms with Gasteiger partial charge in [-0.15, -0.1) is 0 Å². The number of rotatable bonds is 6. The molecule has 0 atom stereocenters. The second kappa shape index (κ2) is 6.28. The molecule has 1 rings (SSSR count). The molecule has 0 aliphatic heterocycles. The van der Waals surface area contributed by atoms with Gasteiger partial charge in [0.25, 0.3) is 5.91 Å². The number of hydrogen-bond donors (Lipinski definition) is 3. The van der Waals surface area contributed by atoms with Crippen molar-refractivity contribution in [3.8, 4) is 0 Å². The quantitative estimate of drug-likeness (QED) is 0.750. The first-order chi connectivity index (χ1) is 9.66. The van der Waals surface area contributed by atoms with Crippen molar-refractivity contribution in [2.24, 2.45) is 5.41 Å². The van der Waals surface area contributed by atoms with Crippen molar-refractivity contribution in [1.82, 2.24) is 15.5 Å². The molecule has 0 spiro atoms. The Kier molecular flexibility index (Phi) is 5.15. The van der Waals surface area contributed by atoms with Crippen LogP contribution in [0.25, 0.3) is 0 Å². The summed E-state index contributed by atoms with van der Waals surface area (Å²) in [6.45, 7) is 9.79. The maximum absolute atomic E-state index is 12.1. The minimum absolute atomic E-state index is 0.103. The number of H-pyrrole nitrogens is 1. The standard InChI is InChI=1S/C15H25N3O3/c1-6-15(7-2,13(20)21)9-16-12(19)10-8-11(18-17-10)14(3,4)5/h8H,6-7,9H2,1-5H3,(H,16,19)(H,17,18)(H,20,21). The lowest BCUT2D eigenvalue weighted by Gasteiger charge is -2.26. The van der Waals surface area contributed by atoms with Crippen LogP contribution in [0.15, 0.2) is 6.07 Å². The molecule has 1 heterocycles. The van der Waals surface area contributed by atoms with Crippen molar-refractivity contribution in [3.05, 3.63) is 17.5 Å². The van der Waals surface area contributed by atoms with Gasteiger partial charge in [0.15, 0.2) is 0 Å². The fourth-order valence-corrected chi connectivity index (χ4v) is 2.04. The van der Waals surface area contributed by atoms with Crippen LogP contribution in [0.1, 0.15) is 63.6 Å². The van der Waals surface area contributed by atoms with Crippen LogP contribution in [0.2, 0.25) is 0 Å². The molecule has 0 aliphatic rings. The first kappa shape index (κ1) is 17.2. The number of nitrogens with zero attached hydrogens (tertiary/aromatic N) is 1. The maximum Gasteiger partial charge on any atom is 0.311 e. The molecule has 3 N–H and O–H groups in total. The molecule has 0 saturated carbocycles. The van der Waals surface area contributed by atoms with Gasteiger partial charge in [-0.2, -0.15) is 5.10 Å². The zero-order valence-electron chi connectivity index (χ0n) is 13.4. The molecule has 1 aromatic heterocycles. The molecule has 6 heteroatoms. The Bertz CT molecular complexity index is 510. The summed E-state index contributed by atoms with van der Waals surface area (Å²) in [5.74, 6) is -1.24. The fraction of sp³-hybridized carbons (Fsp3) is 0.667. The van der Waals surface area contributed by atoms with Crippen molar-refractivity contribution < 1.29 is 14.7 Å². The molecule has 21 heavy (non-hydrogen) atoms. The lowest BCUT2D eigenvalue weighted by molar-refractivity contribution is -0.149. The van der Waals surface area contributed by atoms with E-state index in [9.17, 15) is 14.7 Å². The third-order valence-corrected chi connectivity index (χ3v) is 4.01. The molecule has 1 aromatic rings. The predicted molar refractivity (Wildman–Crippen MR) is 80.3 cm³/mol. The minimum Gasteiger partial charge on any atom is -0.481 e. The Labute approximate surface area is 125 Å². The van der Waals surface area contributed by atoms with Gasteiger partial charge in [-0.05, 0) is 18.9 Å². The molecule has 0 aromatic carbocycles. The molecule has 0 unspecified atom stereocenters. The van der Waals surface area contributed by atoms with Crippen molar-refractivity contribution in [2.75, 3.05) is 6.54 Å². The zero-order chi connectivity index (χ0) is 16.3. The summed E-state index contributed by atoms with van der Waals surface area (Å²) < 4.78 is 0. The molecule has 0 aliphatic carbocycles. The molecule has 1 amide bonds. The van der Waals surface area contributed by atoms with E-state index in [1.807, 2.05) is 34.6 Å². The third-order valence-electron chi connectivity index (χ3n) is 4.01. The summed E-state index contributed by atoms with van der Waals surface area (Å²) >= 11 is 0. The number of amides is 1. The van der Waals surface area contributed by atoms with E-state index in [-0.39, 0.29) is 23.6 Å². The van der Waals surface area contributed by atoms with E-state index in [1.54, 1.807) is 6.07 Å². The third kappa shape index (κ3) is 3.83. The lowest BCUT2D eigenvalue weighted by Crippen LogP contribution is -2.42. The number of carbonyl (C=O) groups excluding carboxylic acids is 1. The smallest absolute Gasteiger partial charge is 0.311 e. The average Bonchev–Trinajstić information content (AvgIpc) is 2.89. The predicted octanol–water partition coefficient (Wildman–Crippen LogP) is 2.33. The largest absolute Gasteiger partial charge is 0.481 e. The van der Waals surface area contributed by atoms with Gasteiger partial charge in [0.1, 0.15) is 5.69 Å². The number of hydrogen-bond acceptors (Lipinski definition) is 3. The highest BCUT2D eigenvalue weighted by Crippen LogP contribution is 2.26. The van der Waals surface area contributed by atoms with E-state index in [1.165, 1.54) is 0 Å². The van der Waals surface area contributed by atoms with Crippen LogP contribution in [0.3, 0.4) is 0 Å². The van der Waals surface area contributed by atoms with Gasteiger partial charge in [-0.1, -0.05) is 34.6 Å². The summed E-state index contributed by atoms with van der Waals surface area (Å²) in [5, 5.41) is 18.9. The van der Waals surface area contributed by atoms with Crippen LogP contribution in [0.5, 0.6) is 0 Å². The van der Waals surface area contributed by atoms with Crippen LogP contribution in [0.4, 0.5) is 0 Å². The van der Waals surface area contributed by atoms with Crippen molar-refractivity contribution in [2.45, 2.75) is 52.9 Å². The second-order valence-corrected chi connectivity index (χ2v) is 6.39. The van der Waals surface area contributed by atoms with Crippen molar-refractivity contribution in [1.29, 1.82) is 0 Å². The Morgan fingerprint density at radius 2 is 1.86 bits per heavy atom. The van der Waals surface area contributed by atoms with E-state index >= 15 is 0 Å². The Morgan fingerprint density at radius 1 is 1.29 bits per heavy atom. The molecule has 6 nitrogen and oxygen atoms in total. The minimum atomic E-state index is -0.918. The molecule has 0 saturated heterocycles.